The Morgan fingerprint density at radius 3 is 2.52 bits per heavy atom. The highest BCUT2D eigenvalue weighted by atomic mass is 32.1. The van der Waals surface area contributed by atoms with Crippen molar-refractivity contribution in [1.82, 2.24) is 9.80 Å². The van der Waals surface area contributed by atoms with E-state index in [9.17, 15) is 19.5 Å². The zero-order valence-electron chi connectivity index (χ0n) is 16.6. The molecule has 152 valence electrons. The molecule has 3 amide bonds. The van der Waals surface area contributed by atoms with Gasteiger partial charge in [0.2, 0.25) is 11.8 Å². The molecule has 1 N–H and O–H groups in total. The number of carbonyl (C=O) groups is 3. The third-order valence-corrected chi connectivity index (χ3v) is 7.02. The molecule has 0 fully saturated rings. The lowest BCUT2D eigenvalue weighted by molar-refractivity contribution is -0.133. The maximum absolute atomic E-state index is 13.1. The van der Waals surface area contributed by atoms with E-state index in [4.69, 9.17) is 0 Å². The van der Waals surface area contributed by atoms with Crippen LogP contribution in [0.3, 0.4) is 0 Å². The molecule has 0 radical (unpaired) electrons. The van der Waals surface area contributed by atoms with E-state index in [2.05, 4.69) is 0 Å². The first-order valence-electron chi connectivity index (χ1n) is 9.52. The van der Waals surface area contributed by atoms with Crippen molar-refractivity contribution >= 4 is 34.1 Å². The summed E-state index contributed by atoms with van der Waals surface area (Å²) in [5, 5.41) is 10.1. The third kappa shape index (κ3) is 3.27. The first kappa shape index (κ1) is 19.4. The smallest absolute Gasteiger partial charge is 0.257 e. The predicted octanol–water partition coefficient (Wildman–Crippen LogP) is 2.19. The van der Waals surface area contributed by atoms with Crippen LogP contribution in [0.5, 0.6) is 5.75 Å². The van der Waals surface area contributed by atoms with E-state index in [1.165, 1.54) is 16.2 Å². The maximum Gasteiger partial charge on any atom is 0.257 e. The molecule has 29 heavy (non-hydrogen) atoms. The lowest BCUT2D eigenvalue weighted by Crippen LogP contribution is -2.38. The van der Waals surface area contributed by atoms with Gasteiger partial charge in [0.15, 0.2) is 0 Å². The fourth-order valence-corrected chi connectivity index (χ4v) is 5.23. The van der Waals surface area contributed by atoms with Crippen LogP contribution in [0.15, 0.2) is 24.3 Å². The molecule has 1 aromatic carbocycles. The SMILES string of the molecule is CC(C(=O)N1CCc2c(sc3c2C(=O)N(C)CC(=O)N3C)C1)c1ccc(O)cc1. The summed E-state index contributed by atoms with van der Waals surface area (Å²) in [7, 11) is 3.34. The Bertz CT molecular complexity index is 998. The summed E-state index contributed by atoms with van der Waals surface area (Å²) in [6.45, 7) is 2.90. The Morgan fingerprint density at radius 2 is 1.83 bits per heavy atom. The number of phenols is 1. The molecule has 8 heteroatoms. The summed E-state index contributed by atoms with van der Waals surface area (Å²) < 4.78 is 0. The van der Waals surface area contributed by atoms with Gasteiger partial charge < -0.3 is 19.8 Å². The molecular weight excluding hydrogens is 390 g/mol. The van der Waals surface area contributed by atoms with Crippen LogP contribution < -0.4 is 4.90 Å². The fraction of sp³-hybridized carbons (Fsp3) is 0.381. The van der Waals surface area contributed by atoms with Gasteiger partial charge in [-0.25, -0.2) is 0 Å². The van der Waals surface area contributed by atoms with Gasteiger partial charge in [0.25, 0.3) is 5.91 Å². The van der Waals surface area contributed by atoms with Crippen LogP contribution in [0.25, 0.3) is 0 Å². The molecule has 0 spiro atoms. The van der Waals surface area contributed by atoms with Gasteiger partial charge in [-0.1, -0.05) is 12.1 Å². The van der Waals surface area contributed by atoms with Gasteiger partial charge in [0, 0.05) is 25.5 Å². The van der Waals surface area contributed by atoms with Crippen molar-refractivity contribution < 1.29 is 19.5 Å². The van der Waals surface area contributed by atoms with Crippen LogP contribution in [0.1, 0.15) is 39.2 Å². The molecular formula is C21H23N3O4S. The molecule has 1 atom stereocenters. The van der Waals surface area contributed by atoms with Gasteiger partial charge in [0.1, 0.15) is 17.3 Å². The van der Waals surface area contributed by atoms with E-state index in [1.807, 2.05) is 11.8 Å². The van der Waals surface area contributed by atoms with E-state index < -0.39 is 0 Å². The normalized spacial score (nSPS) is 17.7. The maximum atomic E-state index is 13.1. The highest BCUT2D eigenvalue weighted by molar-refractivity contribution is 7.17. The number of phenolic OH excluding ortho intramolecular Hbond substituents is 1. The molecule has 4 rings (SSSR count). The quantitative estimate of drug-likeness (QED) is 0.818. The zero-order chi connectivity index (χ0) is 20.9. The molecule has 2 aliphatic rings. The van der Waals surface area contributed by atoms with Crippen molar-refractivity contribution in [3.05, 3.63) is 45.8 Å². The molecule has 0 aliphatic carbocycles. The number of nitrogens with zero attached hydrogens (tertiary/aromatic N) is 3. The molecule has 0 bridgehead atoms. The number of anilines is 1. The summed E-state index contributed by atoms with van der Waals surface area (Å²) in [6, 6.07) is 6.68. The number of amides is 3. The van der Waals surface area contributed by atoms with Crippen molar-refractivity contribution in [2.75, 3.05) is 32.1 Å². The van der Waals surface area contributed by atoms with Crippen molar-refractivity contribution in [3.8, 4) is 5.75 Å². The number of likely N-dealkylation sites (N-methyl/N-ethyl adjacent to an activating group) is 2. The van der Waals surface area contributed by atoms with Crippen LogP contribution in [0.2, 0.25) is 0 Å². The number of carbonyl (C=O) groups excluding carboxylic acids is 3. The monoisotopic (exact) mass is 413 g/mol. The van der Waals surface area contributed by atoms with Crippen LogP contribution in [-0.4, -0.2) is 59.8 Å². The highest BCUT2D eigenvalue weighted by Crippen LogP contribution is 2.41. The second-order valence-electron chi connectivity index (χ2n) is 7.62. The molecule has 2 aromatic rings. The van der Waals surface area contributed by atoms with Gasteiger partial charge in [0.05, 0.1) is 18.0 Å². The van der Waals surface area contributed by atoms with Crippen molar-refractivity contribution in [2.24, 2.45) is 0 Å². The van der Waals surface area contributed by atoms with Gasteiger partial charge >= 0.3 is 0 Å². The number of hydrogen-bond donors (Lipinski definition) is 1. The van der Waals surface area contributed by atoms with Crippen molar-refractivity contribution in [2.45, 2.75) is 25.8 Å². The largest absolute Gasteiger partial charge is 0.508 e. The van der Waals surface area contributed by atoms with E-state index in [0.717, 1.165) is 16.0 Å². The summed E-state index contributed by atoms with van der Waals surface area (Å²) in [6.07, 6.45) is 0.594. The topological polar surface area (TPSA) is 81.2 Å². The standard InChI is InChI=1S/C21H23N3O4S/c1-12(13-4-6-14(25)7-5-13)19(27)24-9-8-15-16(10-24)29-21-18(15)20(28)22(2)11-17(26)23(21)3/h4-7,12,25H,8-11H2,1-3H3. The summed E-state index contributed by atoms with van der Waals surface area (Å²) in [5.74, 6) is -0.395. The minimum Gasteiger partial charge on any atom is -0.508 e. The van der Waals surface area contributed by atoms with Gasteiger partial charge in [-0.05, 0) is 36.6 Å². The van der Waals surface area contributed by atoms with E-state index >= 15 is 0 Å². The number of aromatic hydroxyl groups is 1. The van der Waals surface area contributed by atoms with Gasteiger partial charge in [-0.2, -0.15) is 0 Å². The second-order valence-corrected chi connectivity index (χ2v) is 8.70. The second kappa shape index (κ2) is 7.18. The number of rotatable bonds is 2. The van der Waals surface area contributed by atoms with E-state index in [1.54, 1.807) is 43.3 Å². The van der Waals surface area contributed by atoms with Gasteiger partial charge in [-0.15, -0.1) is 11.3 Å². The van der Waals surface area contributed by atoms with Crippen molar-refractivity contribution in [3.63, 3.8) is 0 Å². The molecule has 7 nitrogen and oxygen atoms in total. The third-order valence-electron chi connectivity index (χ3n) is 5.73. The summed E-state index contributed by atoms with van der Waals surface area (Å²) in [4.78, 5) is 44.0. The van der Waals surface area contributed by atoms with Crippen LogP contribution in [0, 0.1) is 0 Å². The average Bonchev–Trinajstić information content (AvgIpc) is 3.07. The summed E-state index contributed by atoms with van der Waals surface area (Å²) >= 11 is 1.43. The molecule has 1 aromatic heterocycles. The minimum atomic E-state index is -0.327. The minimum absolute atomic E-state index is 0.0119. The first-order valence-corrected chi connectivity index (χ1v) is 10.3. The first-order chi connectivity index (χ1) is 13.8. The van der Waals surface area contributed by atoms with E-state index in [-0.39, 0.29) is 35.9 Å². The zero-order valence-corrected chi connectivity index (χ0v) is 17.5. The lowest BCUT2D eigenvalue weighted by Gasteiger charge is -2.30. The van der Waals surface area contributed by atoms with Crippen LogP contribution in [-0.2, 0) is 22.6 Å². The van der Waals surface area contributed by atoms with Crippen LogP contribution in [0.4, 0.5) is 5.00 Å². The number of fused-ring (bicyclic) bond motifs is 3. The highest BCUT2D eigenvalue weighted by Gasteiger charge is 2.36. The number of benzene rings is 1. The fourth-order valence-electron chi connectivity index (χ4n) is 3.90. The number of hydrogen-bond acceptors (Lipinski definition) is 5. The molecule has 3 heterocycles. The van der Waals surface area contributed by atoms with Crippen LogP contribution >= 0.6 is 11.3 Å². The average molecular weight is 413 g/mol. The summed E-state index contributed by atoms with van der Waals surface area (Å²) in [5.41, 5.74) is 2.42. The van der Waals surface area contributed by atoms with Crippen molar-refractivity contribution in [1.29, 1.82) is 0 Å². The molecule has 2 aliphatic heterocycles. The molecule has 1 unspecified atom stereocenters. The predicted molar refractivity (Wildman–Crippen MR) is 110 cm³/mol. The Morgan fingerprint density at radius 1 is 1.14 bits per heavy atom. The Labute approximate surface area is 173 Å². The Balaban J connectivity index is 1.61. The van der Waals surface area contributed by atoms with E-state index in [0.29, 0.717) is 30.1 Å². The Kier molecular flexibility index (Phi) is 4.82. The van der Waals surface area contributed by atoms with Gasteiger partial charge in [-0.3, -0.25) is 14.4 Å². The molecule has 0 saturated heterocycles. The number of thiophene rings is 1. The molecule has 0 saturated carbocycles. The Hall–Kier alpha value is -2.87. The lowest BCUT2D eigenvalue weighted by atomic mass is 9.97.